The van der Waals surface area contributed by atoms with Crippen molar-refractivity contribution in [2.75, 3.05) is 6.61 Å². The monoisotopic (exact) mass is 260 g/mol. The zero-order chi connectivity index (χ0) is 10.5. The van der Waals surface area contributed by atoms with Crippen molar-refractivity contribution in [2.45, 2.75) is 19.4 Å². The highest BCUT2D eigenvalue weighted by molar-refractivity contribution is 7.64. The molecule has 0 saturated heterocycles. The van der Waals surface area contributed by atoms with Crippen LogP contribution in [0, 0.1) is 0 Å². The van der Waals surface area contributed by atoms with Gasteiger partial charge >= 0.3 is 12.0 Å². The molecule has 2 nitrogen and oxygen atoms in total. The van der Waals surface area contributed by atoms with Crippen LogP contribution in [0.4, 0.5) is 0 Å². The van der Waals surface area contributed by atoms with Crippen LogP contribution in [0.15, 0.2) is 12.2 Å². The van der Waals surface area contributed by atoms with Crippen LogP contribution in [0.3, 0.4) is 0 Å². The van der Waals surface area contributed by atoms with Crippen molar-refractivity contribution in [3.8, 4) is 0 Å². The summed E-state index contributed by atoms with van der Waals surface area (Å²) in [5, 5.41) is 0. The van der Waals surface area contributed by atoms with E-state index in [1.54, 1.807) is 6.92 Å². The Morgan fingerprint density at radius 2 is 2.00 bits per heavy atom. The van der Waals surface area contributed by atoms with Gasteiger partial charge in [0.15, 0.2) is 0 Å². The molecule has 13 heavy (non-hydrogen) atoms. The van der Waals surface area contributed by atoms with Gasteiger partial charge in [-0.15, -0.1) is 33.2 Å². The number of carbonyl (C=O) groups is 1. The molecule has 0 aromatic heterocycles. The number of carbonyl (C=O) groups excluding carboxylic acids is 1. The van der Waals surface area contributed by atoms with Crippen molar-refractivity contribution in [2.24, 2.45) is 0 Å². The predicted octanol–water partition coefficient (Wildman–Crippen LogP) is 3.15. The summed E-state index contributed by atoms with van der Waals surface area (Å²) >= 11 is 16.9. The third kappa shape index (κ3) is 8.62. The molecule has 0 heterocycles. The van der Waals surface area contributed by atoms with E-state index in [1.807, 2.05) is 0 Å². The smallest absolute Gasteiger partial charge is 0.341 e. The van der Waals surface area contributed by atoms with Crippen molar-refractivity contribution < 1.29 is 9.53 Å². The molecule has 0 aromatic rings. The highest BCUT2D eigenvalue weighted by atomic mass is 35.8. The van der Waals surface area contributed by atoms with E-state index in [1.165, 1.54) is 0 Å². The number of ether oxygens (including phenoxy) is 1. The van der Waals surface area contributed by atoms with E-state index in [0.717, 1.165) is 0 Å². The minimum absolute atomic E-state index is 0.284. The van der Waals surface area contributed by atoms with Crippen LogP contribution in [0.1, 0.15) is 13.3 Å². The van der Waals surface area contributed by atoms with Gasteiger partial charge in [0.1, 0.15) is 0 Å². The van der Waals surface area contributed by atoms with E-state index in [-0.39, 0.29) is 6.61 Å². The maximum absolute atomic E-state index is 10.9. The first-order valence-corrected chi connectivity index (χ1v) is 8.96. The van der Waals surface area contributed by atoms with E-state index in [9.17, 15) is 4.79 Å². The van der Waals surface area contributed by atoms with Crippen LogP contribution in [-0.4, -0.2) is 18.6 Å². The molecule has 0 fully saturated rings. The van der Waals surface area contributed by atoms with Crippen LogP contribution < -0.4 is 0 Å². The van der Waals surface area contributed by atoms with Crippen LogP contribution >= 0.6 is 33.2 Å². The third-order valence-electron chi connectivity index (χ3n) is 1.19. The first-order valence-electron chi connectivity index (χ1n) is 3.72. The summed E-state index contributed by atoms with van der Waals surface area (Å²) in [6, 6.07) is -2.05. The molecule has 0 aliphatic carbocycles. The van der Waals surface area contributed by atoms with E-state index < -0.39 is 12.0 Å². The molecule has 0 spiro atoms. The second-order valence-electron chi connectivity index (χ2n) is 2.63. The van der Waals surface area contributed by atoms with E-state index in [4.69, 9.17) is 38.0 Å². The summed E-state index contributed by atoms with van der Waals surface area (Å²) in [4.78, 5) is 10.9. The van der Waals surface area contributed by atoms with Gasteiger partial charge in [-0.3, -0.25) is 0 Å². The van der Waals surface area contributed by atoms with Crippen molar-refractivity contribution >= 4 is 45.2 Å². The minimum atomic E-state index is -2.55. The number of esters is 1. The van der Waals surface area contributed by atoms with Crippen LogP contribution in [0.25, 0.3) is 0 Å². The van der Waals surface area contributed by atoms with Gasteiger partial charge in [-0.1, -0.05) is 6.58 Å². The molecule has 0 aliphatic rings. The van der Waals surface area contributed by atoms with E-state index in [2.05, 4.69) is 6.58 Å². The molecule has 0 radical (unpaired) electrons. The third-order valence-corrected chi connectivity index (χ3v) is 3.81. The lowest BCUT2D eigenvalue weighted by Crippen LogP contribution is -2.12. The zero-order valence-electron chi connectivity index (χ0n) is 7.28. The lowest BCUT2D eigenvalue weighted by Gasteiger charge is -2.07. The van der Waals surface area contributed by atoms with Crippen molar-refractivity contribution in [3.63, 3.8) is 0 Å². The number of rotatable bonds is 5. The standard InChI is InChI=1S/C7H11Cl3O2Si/c1-6(2)7(11)12-4-3-5-13(8,9)10/h1,3-5H2,2H3. The van der Waals surface area contributed by atoms with Gasteiger partial charge in [0.2, 0.25) is 0 Å². The van der Waals surface area contributed by atoms with Crippen molar-refractivity contribution in [1.82, 2.24) is 0 Å². The van der Waals surface area contributed by atoms with Gasteiger partial charge in [0, 0.05) is 5.57 Å². The second kappa shape index (κ2) is 5.91. The first kappa shape index (κ1) is 13.3. The molecular weight excluding hydrogens is 251 g/mol. The fourth-order valence-corrected chi connectivity index (χ4v) is 2.31. The molecule has 0 aromatic carbocycles. The summed E-state index contributed by atoms with van der Waals surface area (Å²) in [5.74, 6) is -0.397. The van der Waals surface area contributed by atoms with Crippen molar-refractivity contribution in [1.29, 1.82) is 0 Å². The highest BCUT2D eigenvalue weighted by Crippen LogP contribution is 2.26. The molecule has 0 rings (SSSR count). The van der Waals surface area contributed by atoms with Gasteiger partial charge in [-0.05, 0) is 19.4 Å². The molecule has 0 bridgehead atoms. The summed E-state index contributed by atoms with van der Waals surface area (Å²) in [5.41, 5.74) is 0.381. The summed E-state index contributed by atoms with van der Waals surface area (Å²) in [6.07, 6.45) is 0.585. The molecule has 0 aliphatic heterocycles. The van der Waals surface area contributed by atoms with Gasteiger partial charge in [0.05, 0.1) is 6.61 Å². The van der Waals surface area contributed by atoms with Crippen LogP contribution in [0.5, 0.6) is 0 Å². The highest BCUT2D eigenvalue weighted by Gasteiger charge is 2.23. The Morgan fingerprint density at radius 3 is 2.38 bits per heavy atom. The summed E-state index contributed by atoms with van der Waals surface area (Å²) < 4.78 is 4.81. The Morgan fingerprint density at radius 1 is 1.46 bits per heavy atom. The van der Waals surface area contributed by atoms with Crippen LogP contribution in [-0.2, 0) is 9.53 Å². The summed E-state index contributed by atoms with van der Waals surface area (Å²) in [7, 11) is 0. The van der Waals surface area contributed by atoms with Crippen LogP contribution in [0.2, 0.25) is 6.04 Å². The van der Waals surface area contributed by atoms with Crippen molar-refractivity contribution in [3.05, 3.63) is 12.2 Å². The van der Waals surface area contributed by atoms with Gasteiger partial charge in [-0.2, -0.15) is 0 Å². The summed E-state index contributed by atoms with van der Waals surface area (Å²) in [6.45, 7) is 5.31. The predicted molar refractivity (Wildman–Crippen MR) is 58.5 cm³/mol. The normalized spacial score (nSPS) is 11.1. The molecule has 0 N–H and O–H groups in total. The SMILES string of the molecule is C=C(C)C(=O)OCCC[Si](Cl)(Cl)Cl. The maximum atomic E-state index is 10.9. The Balaban J connectivity index is 3.47. The second-order valence-corrected chi connectivity index (χ2v) is 11.9. The van der Waals surface area contributed by atoms with Gasteiger partial charge < -0.3 is 4.74 Å². The average Bonchev–Trinajstić information content (AvgIpc) is 1.95. The van der Waals surface area contributed by atoms with E-state index >= 15 is 0 Å². The molecule has 0 amide bonds. The lowest BCUT2D eigenvalue weighted by molar-refractivity contribution is -0.138. The van der Waals surface area contributed by atoms with E-state index in [0.29, 0.717) is 18.0 Å². The largest absolute Gasteiger partial charge is 0.462 e. The zero-order valence-corrected chi connectivity index (χ0v) is 10.5. The molecule has 0 atom stereocenters. The number of halogens is 3. The number of hydrogen-bond acceptors (Lipinski definition) is 2. The molecular formula is C7H11Cl3O2Si. The quantitative estimate of drug-likeness (QED) is 0.250. The lowest BCUT2D eigenvalue weighted by atomic mass is 10.4. The van der Waals surface area contributed by atoms with Gasteiger partial charge in [0.25, 0.3) is 0 Å². The topological polar surface area (TPSA) is 26.3 Å². The molecule has 76 valence electrons. The Kier molecular flexibility index (Phi) is 6.04. The number of hydrogen-bond donors (Lipinski definition) is 0. The van der Waals surface area contributed by atoms with Gasteiger partial charge in [-0.25, -0.2) is 4.79 Å². The minimum Gasteiger partial charge on any atom is -0.462 e. The maximum Gasteiger partial charge on any atom is 0.341 e. The fraction of sp³-hybridized carbons (Fsp3) is 0.571. The molecule has 0 unspecified atom stereocenters. The Bertz CT molecular complexity index is 200. The molecule has 6 heteroatoms. The Hall–Kier alpha value is 0.297. The first-order chi connectivity index (χ1) is 5.83. The average molecular weight is 262 g/mol. The molecule has 0 saturated carbocycles. The fourth-order valence-electron chi connectivity index (χ4n) is 0.561. The Labute approximate surface area is 92.9 Å².